The summed E-state index contributed by atoms with van der Waals surface area (Å²) in [7, 11) is 2.17. The second kappa shape index (κ2) is 8.40. The lowest BCUT2D eigenvalue weighted by Crippen LogP contribution is -2.44. The molecule has 1 atom stereocenters. The lowest BCUT2D eigenvalue weighted by atomic mass is 9.96. The van der Waals surface area contributed by atoms with E-state index in [9.17, 15) is 9.90 Å². The minimum absolute atomic E-state index is 0.00408. The van der Waals surface area contributed by atoms with Crippen molar-refractivity contribution in [2.24, 2.45) is 5.92 Å². The molecule has 5 heteroatoms. The maximum Gasteiger partial charge on any atom is 0.230 e. The third-order valence-electron chi connectivity index (χ3n) is 6.48. The largest absolute Gasteiger partial charge is 0.386 e. The van der Waals surface area contributed by atoms with E-state index in [1.54, 1.807) is 13.8 Å². The standard InChI is InChI=1S/C25H33N3O2/c1-25(2,30)21-8-6-9-22(18-21)28-12-11-20(24(28)29)17-19-7-4-5-10-23(19)27-15-13-26(3)14-16-27/h4-10,18,20,30H,11-17H2,1-3H3. The zero-order valence-electron chi connectivity index (χ0n) is 18.3. The first kappa shape index (κ1) is 20.9. The molecule has 160 valence electrons. The van der Waals surface area contributed by atoms with E-state index in [4.69, 9.17) is 0 Å². The summed E-state index contributed by atoms with van der Waals surface area (Å²) in [6.45, 7) is 8.48. The number of piperazine rings is 1. The molecule has 2 heterocycles. The van der Waals surface area contributed by atoms with Crippen molar-refractivity contribution in [3.05, 3.63) is 59.7 Å². The lowest BCUT2D eigenvalue weighted by molar-refractivity contribution is -0.120. The summed E-state index contributed by atoms with van der Waals surface area (Å²) in [6, 6.07) is 16.3. The van der Waals surface area contributed by atoms with Crippen molar-refractivity contribution in [3.8, 4) is 0 Å². The van der Waals surface area contributed by atoms with Crippen LogP contribution in [0.15, 0.2) is 48.5 Å². The maximum absolute atomic E-state index is 13.2. The molecule has 0 bridgehead atoms. The Kier molecular flexibility index (Phi) is 5.85. The Morgan fingerprint density at radius 2 is 1.73 bits per heavy atom. The van der Waals surface area contributed by atoms with E-state index < -0.39 is 5.60 Å². The molecule has 0 aromatic heterocycles. The van der Waals surface area contributed by atoms with Crippen LogP contribution in [-0.4, -0.2) is 55.7 Å². The molecule has 0 radical (unpaired) electrons. The number of nitrogens with zero attached hydrogens (tertiary/aromatic N) is 3. The number of amides is 1. The van der Waals surface area contributed by atoms with Crippen LogP contribution in [0.2, 0.25) is 0 Å². The number of aliphatic hydroxyl groups is 1. The summed E-state index contributed by atoms with van der Waals surface area (Å²) in [4.78, 5) is 20.0. The van der Waals surface area contributed by atoms with Gasteiger partial charge in [0.05, 0.1) is 5.60 Å². The van der Waals surface area contributed by atoms with E-state index in [0.717, 1.165) is 56.8 Å². The van der Waals surface area contributed by atoms with E-state index in [1.165, 1.54) is 11.3 Å². The highest BCUT2D eigenvalue weighted by molar-refractivity contribution is 5.97. The van der Waals surface area contributed by atoms with Crippen LogP contribution in [0.4, 0.5) is 11.4 Å². The fourth-order valence-electron chi connectivity index (χ4n) is 4.54. The van der Waals surface area contributed by atoms with Gasteiger partial charge in [-0.05, 0) is 63.1 Å². The number of anilines is 2. The molecule has 2 aromatic carbocycles. The Balaban J connectivity index is 1.50. The molecular weight excluding hydrogens is 374 g/mol. The average molecular weight is 408 g/mol. The fourth-order valence-corrected chi connectivity index (χ4v) is 4.54. The van der Waals surface area contributed by atoms with Crippen molar-refractivity contribution >= 4 is 17.3 Å². The van der Waals surface area contributed by atoms with E-state index in [1.807, 2.05) is 29.2 Å². The first-order valence-corrected chi connectivity index (χ1v) is 11.0. The Morgan fingerprint density at radius 3 is 2.47 bits per heavy atom. The summed E-state index contributed by atoms with van der Waals surface area (Å²) < 4.78 is 0. The Hall–Kier alpha value is -2.37. The van der Waals surface area contributed by atoms with Gasteiger partial charge in [0.1, 0.15) is 0 Å². The summed E-state index contributed by atoms with van der Waals surface area (Å²) in [5, 5.41) is 10.3. The molecule has 0 saturated carbocycles. The molecule has 2 fully saturated rings. The van der Waals surface area contributed by atoms with Crippen molar-refractivity contribution < 1.29 is 9.90 Å². The number of likely N-dealkylation sites (N-methyl/N-ethyl adjacent to an activating group) is 1. The highest BCUT2D eigenvalue weighted by atomic mass is 16.3. The number of para-hydroxylation sites is 1. The van der Waals surface area contributed by atoms with Gasteiger partial charge in [0.15, 0.2) is 0 Å². The molecule has 2 aromatic rings. The van der Waals surface area contributed by atoms with Crippen LogP contribution in [0.5, 0.6) is 0 Å². The van der Waals surface area contributed by atoms with Crippen LogP contribution in [0, 0.1) is 5.92 Å². The summed E-state index contributed by atoms with van der Waals surface area (Å²) in [5.41, 5.74) is 3.35. The fraction of sp³-hybridized carbons (Fsp3) is 0.480. The monoisotopic (exact) mass is 407 g/mol. The number of hydrogen-bond donors (Lipinski definition) is 1. The van der Waals surface area contributed by atoms with Gasteiger partial charge < -0.3 is 19.8 Å². The van der Waals surface area contributed by atoms with Gasteiger partial charge in [-0.15, -0.1) is 0 Å². The Morgan fingerprint density at radius 1 is 1.00 bits per heavy atom. The van der Waals surface area contributed by atoms with Crippen LogP contribution in [0.1, 0.15) is 31.4 Å². The molecule has 30 heavy (non-hydrogen) atoms. The van der Waals surface area contributed by atoms with Crippen LogP contribution in [0.3, 0.4) is 0 Å². The summed E-state index contributed by atoms with van der Waals surface area (Å²) in [6.07, 6.45) is 1.64. The lowest BCUT2D eigenvalue weighted by Gasteiger charge is -2.35. The number of benzene rings is 2. The maximum atomic E-state index is 13.2. The Bertz CT molecular complexity index is 897. The number of rotatable bonds is 5. The zero-order valence-corrected chi connectivity index (χ0v) is 18.3. The number of carbonyl (C=O) groups excluding carboxylic acids is 1. The molecule has 4 rings (SSSR count). The van der Waals surface area contributed by atoms with E-state index in [0.29, 0.717) is 0 Å². The third-order valence-corrected chi connectivity index (χ3v) is 6.48. The quantitative estimate of drug-likeness (QED) is 0.827. The van der Waals surface area contributed by atoms with Gasteiger partial charge in [-0.3, -0.25) is 4.79 Å². The smallest absolute Gasteiger partial charge is 0.230 e. The molecule has 0 aliphatic carbocycles. The van der Waals surface area contributed by atoms with Crippen molar-refractivity contribution in [2.45, 2.75) is 32.3 Å². The van der Waals surface area contributed by atoms with Crippen molar-refractivity contribution in [1.29, 1.82) is 0 Å². The van der Waals surface area contributed by atoms with Gasteiger partial charge in [0.2, 0.25) is 5.91 Å². The normalized spacial score (nSPS) is 20.8. The number of carbonyl (C=O) groups is 1. The van der Waals surface area contributed by atoms with Crippen LogP contribution in [0.25, 0.3) is 0 Å². The molecule has 1 amide bonds. The van der Waals surface area contributed by atoms with Gasteiger partial charge in [0, 0.05) is 50.0 Å². The summed E-state index contributed by atoms with van der Waals surface area (Å²) in [5.74, 6) is 0.195. The minimum Gasteiger partial charge on any atom is -0.386 e. The molecule has 2 saturated heterocycles. The predicted molar refractivity (Wildman–Crippen MR) is 122 cm³/mol. The van der Waals surface area contributed by atoms with Gasteiger partial charge in [-0.2, -0.15) is 0 Å². The van der Waals surface area contributed by atoms with Crippen LogP contribution < -0.4 is 9.80 Å². The molecule has 2 aliphatic heterocycles. The van der Waals surface area contributed by atoms with E-state index in [-0.39, 0.29) is 11.8 Å². The third kappa shape index (κ3) is 4.37. The van der Waals surface area contributed by atoms with Gasteiger partial charge in [-0.25, -0.2) is 0 Å². The highest BCUT2D eigenvalue weighted by Gasteiger charge is 2.33. The second-order valence-corrected chi connectivity index (χ2v) is 9.21. The topological polar surface area (TPSA) is 47.0 Å². The van der Waals surface area contributed by atoms with Gasteiger partial charge >= 0.3 is 0 Å². The van der Waals surface area contributed by atoms with E-state index in [2.05, 4.69) is 41.1 Å². The molecule has 5 nitrogen and oxygen atoms in total. The molecule has 1 unspecified atom stereocenters. The van der Waals surface area contributed by atoms with Gasteiger partial charge in [0.25, 0.3) is 0 Å². The van der Waals surface area contributed by atoms with Gasteiger partial charge in [-0.1, -0.05) is 30.3 Å². The first-order chi connectivity index (χ1) is 14.3. The minimum atomic E-state index is -0.917. The SMILES string of the molecule is CN1CCN(c2ccccc2CC2CCN(c3cccc(C(C)(C)O)c3)C2=O)CC1. The predicted octanol–water partition coefficient (Wildman–Crippen LogP) is 3.26. The van der Waals surface area contributed by atoms with E-state index >= 15 is 0 Å². The first-order valence-electron chi connectivity index (χ1n) is 11.0. The zero-order chi connectivity index (χ0) is 21.3. The van der Waals surface area contributed by atoms with Crippen molar-refractivity contribution in [1.82, 2.24) is 4.90 Å². The van der Waals surface area contributed by atoms with Crippen LogP contribution in [-0.2, 0) is 16.8 Å². The number of hydrogen-bond acceptors (Lipinski definition) is 4. The molecule has 2 aliphatic rings. The average Bonchev–Trinajstić information content (AvgIpc) is 3.09. The second-order valence-electron chi connectivity index (χ2n) is 9.21. The highest BCUT2D eigenvalue weighted by Crippen LogP contribution is 2.32. The van der Waals surface area contributed by atoms with Crippen LogP contribution >= 0.6 is 0 Å². The summed E-state index contributed by atoms with van der Waals surface area (Å²) >= 11 is 0. The molecule has 0 spiro atoms. The van der Waals surface area contributed by atoms with Crippen molar-refractivity contribution in [3.63, 3.8) is 0 Å². The molecular formula is C25H33N3O2. The molecule has 1 N–H and O–H groups in total. The Labute approximate surface area is 179 Å². The van der Waals surface area contributed by atoms with Crippen molar-refractivity contribution in [2.75, 3.05) is 49.6 Å².